The van der Waals surface area contributed by atoms with Crippen LogP contribution in [0.25, 0.3) is 0 Å². The smallest absolute Gasteiger partial charge is 0.141 e. The van der Waals surface area contributed by atoms with Crippen LogP contribution >= 0.6 is 0 Å². The molecule has 0 bridgehead atoms. The van der Waals surface area contributed by atoms with Crippen molar-refractivity contribution in [3.8, 4) is 0 Å². The first-order valence-electron chi connectivity index (χ1n) is 6.56. The van der Waals surface area contributed by atoms with Gasteiger partial charge in [0.2, 0.25) is 0 Å². The second kappa shape index (κ2) is 8.19. The Labute approximate surface area is 115 Å². The van der Waals surface area contributed by atoms with E-state index in [4.69, 9.17) is 4.74 Å². The molecule has 1 N–H and O–H groups in total. The summed E-state index contributed by atoms with van der Waals surface area (Å²) < 4.78 is 18.0. The molecule has 1 aromatic rings. The Balaban J connectivity index is 2.51. The van der Waals surface area contributed by atoms with Crippen LogP contribution in [-0.2, 0) is 4.74 Å². The molecule has 0 saturated heterocycles. The zero-order valence-corrected chi connectivity index (χ0v) is 12.2. The maximum absolute atomic E-state index is 12.9. The SMILES string of the molecule is CNC(CCN(C)C(C)COC)c1ccc(F)cn1. The molecule has 0 saturated carbocycles. The number of pyridine rings is 1. The lowest BCUT2D eigenvalue weighted by Crippen LogP contribution is -2.35. The van der Waals surface area contributed by atoms with Gasteiger partial charge in [-0.15, -0.1) is 0 Å². The van der Waals surface area contributed by atoms with Gasteiger partial charge in [0.1, 0.15) is 5.82 Å². The molecular weight excluding hydrogens is 245 g/mol. The molecule has 108 valence electrons. The van der Waals surface area contributed by atoms with Crippen LogP contribution in [0.1, 0.15) is 25.1 Å². The molecule has 5 heteroatoms. The van der Waals surface area contributed by atoms with Gasteiger partial charge < -0.3 is 15.0 Å². The molecule has 0 aromatic carbocycles. The van der Waals surface area contributed by atoms with Crippen LogP contribution < -0.4 is 5.32 Å². The number of nitrogens with zero attached hydrogens (tertiary/aromatic N) is 2. The highest BCUT2D eigenvalue weighted by molar-refractivity contribution is 5.09. The maximum atomic E-state index is 12.9. The summed E-state index contributed by atoms with van der Waals surface area (Å²) in [4.78, 5) is 6.38. The van der Waals surface area contributed by atoms with E-state index in [2.05, 4.69) is 29.2 Å². The van der Waals surface area contributed by atoms with Crippen LogP contribution in [0, 0.1) is 5.82 Å². The molecule has 19 heavy (non-hydrogen) atoms. The van der Waals surface area contributed by atoms with Gasteiger partial charge in [-0.1, -0.05) is 0 Å². The molecule has 0 radical (unpaired) electrons. The van der Waals surface area contributed by atoms with Gasteiger partial charge in [-0.05, 0) is 39.6 Å². The van der Waals surface area contributed by atoms with Crippen molar-refractivity contribution in [2.75, 3.05) is 34.4 Å². The Bertz CT molecular complexity index is 358. The quantitative estimate of drug-likeness (QED) is 0.781. The van der Waals surface area contributed by atoms with E-state index in [0.717, 1.165) is 25.3 Å². The number of likely N-dealkylation sites (N-methyl/N-ethyl adjacent to an activating group) is 1. The predicted octanol–water partition coefficient (Wildman–Crippen LogP) is 1.84. The largest absolute Gasteiger partial charge is 0.383 e. The standard InChI is InChI=1S/C14H24FN3O/c1-11(10-19-4)18(3)8-7-13(16-2)14-6-5-12(15)9-17-14/h5-6,9,11,13,16H,7-8,10H2,1-4H3. The van der Waals surface area contributed by atoms with E-state index >= 15 is 0 Å². The third kappa shape index (κ3) is 5.22. The number of aromatic nitrogens is 1. The van der Waals surface area contributed by atoms with E-state index in [0.29, 0.717) is 6.04 Å². The molecule has 2 unspecified atom stereocenters. The molecular formula is C14H24FN3O. The van der Waals surface area contributed by atoms with Crippen LogP contribution in [0.15, 0.2) is 18.3 Å². The molecule has 0 fully saturated rings. The normalized spacial score (nSPS) is 14.6. The summed E-state index contributed by atoms with van der Waals surface area (Å²) in [5, 5.41) is 3.22. The molecule has 0 aliphatic rings. The van der Waals surface area contributed by atoms with Gasteiger partial charge in [0.15, 0.2) is 0 Å². The zero-order chi connectivity index (χ0) is 14.3. The van der Waals surface area contributed by atoms with Crippen molar-refractivity contribution in [1.29, 1.82) is 0 Å². The van der Waals surface area contributed by atoms with Gasteiger partial charge in [0.25, 0.3) is 0 Å². The zero-order valence-electron chi connectivity index (χ0n) is 12.2. The minimum absolute atomic E-state index is 0.137. The Morgan fingerprint density at radius 1 is 1.47 bits per heavy atom. The number of hydrogen-bond acceptors (Lipinski definition) is 4. The Hall–Kier alpha value is -1.04. The summed E-state index contributed by atoms with van der Waals surface area (Å²) in [6.45, 7) is 3.78. The van der Waals surface area contributed by atoms with Crippen LogP contribution in [-0.4, -0.2) is 50.3 Å². The molecule has 1 aromatic heterocycles. The molecule has 2 atom stereocenters. The van der Waals surface area contributed by atoms with E-state index in [1.807, 2.05) is 7.05 Å². The number of ether oxygens (including phenoxy) is 1. The lowest BCUT2D eigenvalue weighted by Gasteiger charge is -2.26. The van der Waals surface area contributed by atoms with E-state index < -0.39 is 0 Å². The third-order valence-electron chi connectivity index (χ3n) is 3.39. The van der Waals surface area contributed by atoms with Crippen molar-refractivity contribution >= 4 is 0 Å². The van der Waals surface area contributed by atoms with Crippen LogP contribution in [0.3, 0.4) is 0 Å². The first kappa shape index (κ1) is 16.0. The highest BCUT2D eigenvalue weighted by atomic mass is 19.1. The summed E-state index contributed by atoms with van der Waals surface area (Å²) in [7, 11) is 5.69. The minimum atomic E-state index is -0.301. The molecule has 0 aliphatic heterocycles. The average molecular weight is 269 g/mol. The number of methoxy groups -OCH3 is 1. The number of halogens is 1. The number of rotatable bonds is 8. The van der Waals surface area contributed by atoms with Gasteiger partial charge in [-0.3, -0.25) is 4.98 Å². The summed E-state index contributed by atoms with van der Waals surface area (Å²) in [5.74, 6) is -0.301. The topological polar surface area (TPSA) is 37.4 Å². The van der Waals surface area contributed by atoms with Crippen molar-refractivity contribution in [3.05, 3.63) is 29.8 Å². The molecule has 1 heterocycles. The molecule has 4 nitrogen and oxygen atoms in total. The first-order valence-corrected chi connectivity index (χ1v) is 6.56. The summed E-state index contributed by atoms with van der Waals surface area (Å²) in [5.41, 5.74) is 0.872. The Morgan fingerprint density at radius 2 is 2.21 bits per heavy atom. The van der Waals surface area contributed by atoms with Crippen molar-refractivity contribution in [2.24, 2.45) is 0 Å². The highest BCUT2D eigenvalue weighted by Gasteiger charge is 2.14. The molecule has 0 aliphatic carbocycles. The summed E-state index contributed by atoms with van der Waals surface area (Å²) in [6, 6.07) is 3.69. The first-order chi connectivity index (χ1) is 9.08. The van der Waals surface area contributed by atoms with E-state index in [1.165, 1.54) is 12.3 Å². The van der Waals surface area contributed by atoms with E-state index in [-0.39, 0.29) is 11.9 Å². The number of hydrogen-bond donors (Lipinski definition) is 1. The van der Waals surface area contributed by atoms with E-state index in [9.17, 15) is 4.39 Å². The fourth-order valence-electron chi connectivity index (χ4n) is 1.96. The molecule has 0 amide bonds. The average Bonchev–Trinajstić information content (AvgIpc) is 2.41. The van der Waals surface area contributed by atoms with Crippen molar-refractivity contribution in [1.82, 2.24) is 15.2 Å². The van der Waals surface area contributed by atoms with Crippen LogP contribution in [0.4, 0.5) is 4.39 Å². The highest BCUT2D eigenvalue weighted by Crippen LogP contribution is 2.15. The monoisotopic (exact) mass is 269 g/mol. The fourth-order valence-corrected chi connectivity index (χ4v) is 1.96. The van der Waals surface area contributed by atoms with Gasteiger partial charge >= 0.3 is 0 Å². The fraction of sp³-hybridized carbons (Fsp3) is 0.643. The molecule has 0 spiro atoms. The van der Waals surface area contributed by atoms with E-state index in [1.54, 1.807) is 13.2 Å². The van der Waals surface area contributed by atoms with Crippen molar-refractivity contribution in [3.63, 3.8) is 0 Å². The lowest BCUT2D eigenvalue weighted by molar-refractivity contribution is 0.113. The maximum Gasteiger partial charge on any atom is 0.141 e. The van der Waals surface area contributed by atoms with Gasteiger partial charge in [-0.25, -0.2) is 4.39 Å². The number of nitrogens with one attached hydrogen (secondary N) is 1. The third-order valence-corrected chi connectivity index (χ3v) is 3.39. The van der Waals surface area contributed by atoms with Crippen molar-refractivity contribution in [2.45, 2.75) is 25.4 Å². The van der Waals surface area contributed by atoms with Gasteiger partial charge in [0, 0.05) is 19.7 Å². The minimum Gasteiger partial charge on any atom is -0.383 e. The molecule has 1 rings (SSSR count). The van der Waals surface area contributed by atoms with Crippen LogP contribution in [0.2, 0.25) is 0 Å². The lowest BCUT2D eigenvalue weighted by atomic mass is 10.1. The Morgan fingerprint density at radius 3 is 2.74 bits per heavy atom. The second-order valence-corrected chi connectivity index (χ2v) is 4.82. The Kier molecular flexibility index (Phi) is 6.91. The predicted molar refractivity (Wildman–Crippen MR) is 74.6 cm³/mol. The van der Waals surface area contributed by atoms with Gasteiger partial charge in [-0.2, -0.15) is 0 Å². The summed E-state index contributed by atoms with van der Waals surface area (Å²) in [6.07, 6.45) is 2.18. The van der Waals surface area contributed by atoms with Crippen molar-refractivity contribution < 1.29 is 9.13 Å². The van der Waals surface area contributed by atoms with Crippen LogP contribution in [0.5, 0.6) is 0 Å². The summed E-state index contributed by atoms with van der Waals surface area (Å²) >= 11 is 0. The second-order valence-electron chi connectivity index (χ2n) is 4.82. The van der Waals surface area contributed by atoms with Gasteiger partial charge in [0.05, 0.1) is 24.5 Å².